The Hall–Kier alpha value is -1.89. The lowest BCUT2D eigenvalue weighted by molar-refractivity contribution is 0.0944. The van der Waals surface area contributed by atoms with Gasteiger partial charge < -0.3 is 11.1 Å². The molecule has 96 valence electrons. The maximum absolute atomic E-state index is 12.0. The van der Waals surface area contributed by atoms with Gasteiger partial charge in [-0.1, -0.05) is 0 Å². The third-order valence-electron chi connectivity index (χ3n) is 2.49. The van der Waals surface area contributed by atoms with Crippen LogP contribution >= 0.6 is 11.3 Å². The fourth-order valence-corrected chi connectivity index (χ4v) is 2.25. The maximum atomic E-state index is 12.0. The normalized spacial score (nSPS) is 10.5. The minimum absolute atomic E-state index is 0.191. The van der Waals surface area contributed by atoms with Crippen LogP contribution in [0.2, 0.25) is 0 Å². The lowest BCUT2D eigenvalue weighted by atomic mass is 10.3. The van der Waals surface area contributed by atoms with Gasteiger partial charge in [-0.25, -0.2) is 4.98 Å². The molecule has 18 heavy (non-hydrogen) atoms. The molecule has 3 N–H and O–H groups in total. The predicted octanol–water partition coefficient (Wildman–Crippen LogP) is 0.914. The molecule has 2 aromatic heterocycles. The molecule has 0 saturated carbocycles. The highest BCUT2D eigenvalue weighted by atomic mass is 32.1. The standard InChI is InChI=1S/C11H15N5OS/c1-2-16-10(8(12)7-15-16)11(17)14-4-3-9-13-5-6-18-9/h5-7H,2-4,12H2,1H3,(H,14,17). The smallest absolute Gasteiger partial charge is 0.271 e. The van der Waals surface area contributed by atoms with Crippen molar-refractivity contribution < 1.29 is 4.79 Å². The maximum Gasteiger partial charge on any atom is 0.271 e. The third kappa shape index (κ3) is 2.67. The molecule has 0 aromatic carbocycles. The number of aromatic nitrogens is 3. The average Bonchev–Trinajstić information content (AvgIpc) is 2.98. The van der Waals surface area contributed by atoms with Crippen molar-refractivity contribution in [1.82, 2.24) is 20.1 Å². The first-order valence-corrected chi connectivity index (χ1v) is 6.58. The van der Waals surface area contributed by atoms with Gasteiger partial charge in [0.2, 0.25) is 0 Å². The topological polar surface area (TPSA) is 85.8 Å². The van der Waals surface area contributed by atoms with E-state index >= 15 is 0 Å². The SMILES string of the molecule is CCn1ncc(N)c1C(=O)NCCc1nccs1. The Bertz CT molecular complexity index is 520. The number of thiazole rings is 1. The van der Waals surface area contributed by atoms with Gasteiger partial charge in [0, 0.05) is 31.1 Å². The van der Waals surface area contributed by atoms with Crippen LogP contribution < -0.4 is 11.1 Å². The summed E-state index contributed by atoms with van der Waals surface area (Å²) in [7, 11) is 0. The summed E-state index contributed by atoms with van der Waals surface area (Å²) in [6, 6.07) is 0. The number of amides is 1. The van der Waals surface area contributed by atoms with E-state index in [-0.39, 0.29) is 5.91 Å². The summed E-state index contributed by atoms with van der Waals surface area (Å²) in [6.07, 6.45) is 3.98. The Morgan fingerprint density at radius 3 is 3.11 bits per heavy atom. The molecule has 0 aliphatic carbocycles. The summed E-state index contributed by atoms with van der Waals surface area (Å²) >= 11 is 1.58. The van der Waals surface area contributed by atoms with E-state index < -0.39 is 0 Å². The number of anilines is 1. The molecule has 0 spiro atoms. The lowest BCUT2D eigenvalue weighted by Crippen LogP contribution is -2.28. The zero-order valence-corrected chi connectivity index (χ0v) is 10.9. The second kappa shape index (κ2) is 5.63. The van der Waals surface area contributed by atoms with E-state index in [0.717, 1.165) is 11.4 Å². The summed E-state index contributed by atoms with van der Waals surface area (Å²) < 4.78 is 1.59. The van der Waals surface area contributed by atoms with Crippen molar-refractivity contribution in [2.45, 2.75) is 19.9 Å². The van der Waals surface area contributed by atoms with Crippen molar-refractivity contribution in [3.8, 4) is 0 Å². The zero-order valence-electron chi connectivity index (χ0n) is 10.1. The lowest BCUT2D eigenvalue weighted by Gasteiger charge is -2.06. The zero-order chi connectivity index (χ0) is 13.0. The number of nitrogens with two attached hydrogens (primary N) is 1. The van der Waals surface area contributed by atoms with E-state index in [1.54, 1.807) is 22.2 Å². The van der Waals surface area contributed by atoms with E-state index in [9.17, 15) is 4.79 Å². The molecular formula is C11H15N5OS. The van der Waals surface area contributed by atoms with Gasteiger partial charge in [0.15, 0.2) is 0 Å². The van der Waals surface area contributed by atoms with Gasteiger partial charge in [0.25, 0.3) is 5.91 Å². The number of rotatable bonds is 5. The van der Waals surface area contributed by atoms with Gasteiger partial charge in [0.05, 0.1) is 16.9 Å². The number of hydrogen-bond donors (Lipinski definition) is 2. The second-order valence-corrected chi connectivity index (χ2v) is 4.68. The van der Waals surface area contributed by atoms with Crippen LogP contribution in [0, 0.1) is 0 Å². The van der Waals surface area contributed by atoms with Crippen LogP contribution in [0.15, 0.2) is 17.8 Å². The molecule has 0 saturated heterocycles. The molecule has 6 nitrogen and oxygen atoms in total. The van der Waals surface area contributed by atoms with E-state index in [1.165, 1.54) is 6.20 Å². The van der Waals surface area contributed by atoms with Crippen molar-refractivity contribution in [3.05, 3.63) is 28.5 Å². The Labute approximate surface area is 109 Å². The van der Waals surface area contributed by atoms with Crippen LogP contribution in [-0.2, 0) is 13.0 Å². The molecule has 7 heteroatoms. The van der Waals surface area contributed by atoms with Crippen molar-refractivity contribution in [2.75, 3.05) is 12.3 Å². The number of carbonyl (C=O) groups excluding carboxylic acids is 1. The number of carbonyl (C=O) groups is 1. The van der Waals surface area contributed by atoms with Crippen LogP contribution in [0.1, 0.15) is 22.4 Å². The van der Waals surface area contributed by atoms with Crippen LogP contribution in [0.4, 0.5) is 5.69 Å². The van der Waals surface area contributed by atoms with Gasteiger partial charge in [-0.2, -0.15) is 5.10 Å². The van der Waals surface area contributed by atoms with Crippen LogP contribution in [-0.4, -0.2) is 27.2 Å². The van der Waals surface area contributed by atoms with E-state index in [4.69, 9.17) is 5.73 Å². The minimum atomic E-state index is -0.191. The first-order chi connectivity index (χ1) is 8.72. The Balaban J connectivity index is 1.93. The molecule has 2 heterocycles. The number of aryl methyl sites for hydroxylation is 1. The van der Waals surface area contributed by atoms with Gasteiger partial charge in [-0.3, -0.25) is 9.48 Å². The highest BCUT2D eigenvalue weighted by Crippen LogP contribution is 2.10. The van der Waals surface area contributed by atoms with Crippen molar-refractivity contribution in [2.24, 2.45) is 0 Å². The van der Waals surface area contributed by atoms with Crippen LogP contribution in [0.25, 0.3) is 0 Å². The Kier molecular flexibility index (Phi) is 3.93. The molecule has 0 radical (unpaired) electrons. The number of nitrogens with zero attached hydrogens (tertiary/aromatic N) is 3. The van der Waals surface area contributed by atoms with Crippen LogP contribution in [0.5, 0.6) is 0 Å². The van der Waals surface area contributed by atoms with E-state index in [0.29, 0.717) is 24.5 Å². The Morgan fingerprint density at radius 1 is 1.61 bits per heavy atom. The number of nitrogen functional groups attached to an aromatic ring is 1. The Morgan fingerprint density at radius 2 is 2.44 bits per heavy atom. The quantitative estimate of drug-likeness (QED) is 0.841. The van der Waals surface area contributed by atoms with Crippen LogP contribution in [0.3, 0.4) is 0 Å². The average molecular weight is 265 g/mol. The summed E-state index contributed by atoms with van der Waals surface area (Å²) in [5.74, 6) is -0.191. The highest BCUT2D eigenvalue weighted by molar-refractivity contribution is 7.09. The monoisotopic (exact) mass is 265 g/mol. The van der Waals surface area contributed by atoms with Gasteiger partial charge in [-0.05, 0) is 6.92 Å². The second-order valence-electron chi connectivity index (χ2n) is 3.70. The fourth-order valence-electron chi connectivity index (χ4n) is 1.63. The minimum Gasteiger partial charge on any atom is -0.396 e. The van der Waals surface area contributed by atoms with Gasteiger partial charge in [-0.15, -0.1) is 11.3 Å². The number of hydrogen-bond acceptors (Lipinski definition) is 5. The molecular weight excluding hydrogens is 250 g/mol. The van der Waals surface area contributed by atoms with Gasteiger partial charge >= 0.3 is 0 Å². The molecule has 0 aliphatic heterocycles. The molecule has 0 aliphatic rings. The molecule has 0 bridgehead atoms. The first-order valence-electron chi connectivity index (χ1n) is 5.70. The number of nitrogens with one attached hydrogen (secondary N) is 1. The molecule has 1 amide bonds. The molecule has 2 rings (SSSR count). The van der Waals surface area contributed by atoms with E-state index in [1.807, 2.05) is 12.3 Å². The van der Waals surface area contributed by atoms with Gasteiger partial charge in [0.1, 0.15) is 5.69 Å². The molecule has 0 atom stereocenters. The van der Waals surface area contributed by atoms with E-state index in [2.05, 4.69) is 15.4 Å². The van der Waals surface area contributed by atoms with Crippen molar-refractivity contribution in [3.63, 3.8) is 0 Å². The third-order valence-corrected chi connectivity index (χ3v) is 3.33. The van der Waals surface area contributed by atoms with Crippen molar-refractivity contribution >= 4 is 22.9 Å². The molecule has 2 aromatic rings. The predicted molar refractivity (Wildman–Crippen MR) is 70.5 cm³/mol. The fraction of sp³-hybridized carbons (Fsp3) is 0.364. The summed E-state index contributed by atoms with van der Waals surface area (Å²) in [5.41, 5.74) is 6.56. The molecule has 0 unspecified atom stereocenters. The van der Waals surface area contributed by atoms with Crippen molar-refractivity contribution in [1.29, 1.82) is 0 Å². The highest BCUT2D eigenvalue weighted by Gasteiger charge is 2.15. The summed E-state index contributed by atoms with van der Waals surface area (Å²) in [4.78, 5) is 16.1. The largest absolute Gasteiger partial charge is 0.396 e. The summed E-state index contributed by atoms with van der Waals surface area (Å²) in [5, 5.41) is 9.78. The first kappa shape index (κ1) is 12.6. The molecule has 0 fully saturated rings. The summed E-state index contributed by atoms with van der Waals surface area (Å²) in [6.45, 7) is 3.08.